The molecule has 4 nitrogen and oxygen atoms in total. The number of nitrogens with one attached hydrogen (secondary N) is 1. The minimum Gasteiger partial charge on any atom is -0.494 e. The maximum atomic E-state index is 13.5. The molecule has 0 aliphatic heterocycles. The third kappa shape index (κ3) is 1.71. The largest absolute Gasteiger partial charge is 0.494 e. The van der Waals surface area contributed by atoms with Crippen LogP contribution in [0.4, 0.5) is 4.39 Å². The maximum Gasteiger partial charge on any atom is 0.195 e. The van der Waals surface area contributed by atoms with E-state index in [2.05, 4.69) is 10.2 Å². The van der Waals surface area contributed by atoms with Gasteiger partial charge in [0.05, 0.1) is 7.11 Å². The number of ether oxygens (including phenoxy) is 1. The fourth-order valence-corrected chi connectivity index (χ4v) is 1.54. The van der Waals surface area contributed by atoms with Crippen LogP contribution in [0.25, 0.3) is 11.4 Å². The summed E-state index contributed by atoms with van der Waals surface area (Å²) < 4.78 is 20.5. The molecule has 0 unspecified atom stereocenters. The topological polar surface area (TPSA) is 42.8 Å². The van der Waals surface area contributed by atoms with Gasteiger partial charge in [-0.05, 0) is 30.4 Å². The predicted octanol–water partition coefficient (Wildman–Crippen LogP) is 2.29. The van der Waals surface area contributed by atoms with Crippen LogP contribution in [0.1, 0.15) is 0 Å². The van der Waals surface area contributed by atoms with Crippen LogP contribution < -0.4 is 4.74 Å². The summed E-state index contributed by atoms with van der Waals surface area (Å²) in [5.74, 6) is 0.376. The number of benzene rings is 1. The molecule has 0 bridgehead atoms. The van der Waals surface area contributed by atoms with Gasteiger partial charge in [-0.2, -0.15) is 5.10 Å². The highest BCUT2D eigenvalue weighted by molar-refractivity contribution is 7.71. The Bertz CT molecular complexity index is 576. The summed E-state index contributed by atoms with van der Waals surface area (Å²) in [5.41, 5.74) is 0.646. The van der Waals surface area contributed by atoms with Crippen LogP contribution in [-0.2, 0) is 7.05 Å². The second kappa shape index (κ2) is 4.05. The van der Waals surface area contributed by atoms with E-state index in [-0.39, 0.29) is 5.75 Å². The van der Waals surface area contributed by atoms with Crippen molar-refractivity contribution in [2.45, 2.75) is 0 Å². The molecule has 2 rings (SSSR count). The quantitative estimate of drug-likeness (QED) is 0.818. The first kappa shape index (κ1) is 10.8. The van der Waals surface area contributed by atoms with Gasteiger partial charge in [-0.1, -0.05) is 0 Å². The van der Waals surface area contributed by atoms with Crippen molar-refractivity contribution in [3.8, 4) is 17.1 Å². The standard InChI is InChI=1S/C10H10FN3OS/c1-14-9(12-13-10(14)16)6-3-4-8(15-2)7(11)5-6/h3-5H,1-2H3,(H,13,16). The fourth-order valence-electron chi connectivity index (χ4n) is 1.41. The number of nitrogens with zero attached hydrogens (tertiary/aromatic N) is 2. The molecule has 0 saturated carbocycles. The Morgan fingerprint density at radius 3 is 2.75 bits per heavy atom. The van der Waals surface area contributed by atoms with Crippen LogP contribution in [0.3, 0.4) is 0 Å². The second-order valence-corrected chi connectivity index (χ2v) is 3.65. The zero-order valence-corrected chi connectivity index (χ0v) is 9.64. The van der Waals surface area contributed by atoms with Crippen molar-refractivity contribution in [1.29, 1.82) is 0 Å². The van der Waals surface area contributed by atoms with E-state index in [4.69, 9.17) is 17.0 Å². The second-order valence-electron chi connectivity index (χ2n) is 3.26. The number of H-pyrrole nitrogens is 1. The van der Waals surface area contributed by atoms with E-state index in [1.54, 1.807) is 23.7 Å². The zero-order valence-electron chi connectivity index (χ0n) is 8.82. The molecule has 2 aromatic rings. The van der Waals surface area contributed by atoms with Gasteiger partial charge in [0, 0.05) is 12.6 Å². The Hall–Kier alpha value is -1.69. The molecule has 84 valence electrons. The molecule has 1 aromatic carbocycles. The first-order valence-corrected chi connectivity index (χ1v) is 4.99. The predicted molar refractivity (Wildman–Crippen MR) is 60.3 cm³/mol. The molecule has 0 aliphatic rings. The summed E-state index contributed by atoms with van der Waals surface area (Å²) >= 11 is 4.98. The fraction of sp³-hybridized carbons (Fsp3) is 0.200. The van der Waals surface area contributed by atoms with E-state index >= 15 is 0 Å². The Morgan fingerprint density at radius 1 is 1.50 bits per heavy atom. The molecule has 0 aliphatic carbocycles. The summed E-state index contributed by atoms with van der Waals surface area (Å²) in [6.07, 6.45) is 0. The molecular formula is C10H10FN3OS. The number of methoxy groups -OCH3 is 1. The van der Waals surface area contributed by atoms with Gasteiger partial charge < -0.3 is 9.30 Å². The van der Waals surface area contributed by atoms with Gasteiger partial charge in [0.25, 0.3) is 0 Å². The number of rotatable bonds is 2. The molecular weight excluding hydrogens is 229 g/mol. The van der Waals surface area contributed by atoms with E-state index in [1.807, 2.05) is 0 Å². The number of hydrogen-bond donors (Lipinski definition) is 1. The first-order chi connectivity index (χ1) is 7.63. The zero-order chi connectivity index (χ0) is 11.7. The smallest absolute Gasteiger partial charge is 0.195 e. The number of halogens is 1. The summed E-state index contributed by atoms with van der Waals surface area (Å²) in [6.45, 7) is 0. The highest BCUT2D eigenvalue weighted by Crippen LogP contribution is 2.23. The van der Waals surface area contributed by atoms with E-state index in [1.165, 1.54) is 13.2 Å². The van der Waals surface area contributed by atoms with Gasteiger partial charge in [0.1, 0.15) is 0 Å². The number of aromatic nitrogens is 3. The van der Waals surface area contributed by atoms with E-state index in [0.29, 0.717) is 16.2 Å². The average Bonchev–Trinajstić information content (AvgIpc) is 2.60. The molecule has 6 heteroatoms. The monoisotopic (exact) mass is 239 g/mol. The summed E-state index contributed by atoms with van der Waals surface area (Å²) in [7, 11) is 3.19. The van der Waals surface area contributed by atoms with E-state index in [0.717, 1.165) is 0 Å². The summed E-state index contributed by atoms with van der Waals surface area (Å²) in [4.78, 5) is 0. The molecule has 0 radical (unpaired) electrons. The van der Waals surface area contributed by atoms with Crippen LogP contribution in [0, 0.1) is 10.6 Å². The van der Waals surface area contributed by atoms with Gasteiger partial charge in [-0.15, -0.1) is 0 Å². The maximum absolute atomic E-state index is 13.5. The molecule has 0 saturated heterocycles. The lowest BCUT2D eigenvalue weighted by Crippen LogP contribution is -1.94. The first-order valence-electron chi connectivity index (χ1n) is 4.59. The molecule has 1 N–H and O–H groups in total. The van der Waals surface area contributed by atoms with Crippen molar-refractivity contribution >= 4 is 12.2 Å². The number of aromatic amines is 1. The molecule has 0 amide bonds. The SMILES string of the molecule is COc1ccc(-c2n[nH]c(=S)n2C)cc1F. The van der Waals surface area contributed by atoms with Gasteiger partial charge in [0.15, 0.2) is 22.2 Å². The third-order valence-corrected chi connectivity index (χ3v) is 2.65. The van der Waals surface area contributed by atoms with Crippen LogP contribution in [-0.4, -0.2) is 21.9 Å². The lowest BCUT2D eigenvalue weighted by molar-refractivity contribution is 0.386. The average molecular weight is 239 g/mol. The molecule has 1 aromatic heterocycles. The van der Waals surface area contributed by atoms with E-state index in [9.17, 15) is 4.39 Å². The molecule has 1 heterocycles. The van der Waals surface area contributed by atoms with Crippen molar-refractivity contribution in [3.63, 3.8) is 0 Å². The Labute approximate surface area is 96.7 Å². The lowest BCUT2D eigenvalue weighted by atomic mass is 10.2. The van der Waals surface area contributed by atoms with Crippen molar-refractivity contribution in [1.82, 2.24) is 14.8 Å². The van der Waals surface area contributed by atoms with Gasteiger partial charge in [-0.25, -0.2) is 4.39 Å². The minimum absolute atomic E-state index is 0.209. The third-order valence-electron chi connectivity index (χ3n) is 2.29. The van der Waals surface area contributed by atoms with Gasteiger partial charge in [0.2, 0.25) is 0 Å². The van der Waals surface area contributed by atoms with Crippen molar-refractivity contribution < 1.29 is 9.13 Å². The Kier molecular flexibility index (Phi) is 2.74. The molecule has 16 heavy (non-hydrogen) atoms. The molecule has 0 atom stereocenters. The van der Waals surface area contributed by atoms with Crippen molar-refractivity contribution in [2.24, 2.45) is 7.05 Å². The Morgan fingerprint density at radius 2 is 2.25 bits per heavy atom. The molecule has 0 fully saturated rings. The summed E-state index contributed by atoms with van der Waals surface area (Å²) in [6, 6.07) is 4.65. The molecule has 0 spiro atoms. The van der Waals surface area contributed by atoms with E-state index < -0.39 is 5.82 Å². The van der Waals surface area contributed by atoms with Crippen LogP contribution in [0.15, 0.2) is 18.2 Å². The van der Waals surface area contributed by atoms with Crippen LogP contribution >= 0.6 is 12.2 Å². The van der Waals surface area contributed by atoms with Gasteiger partial charge >= 0.3 is 0 Å². The normalized spacial score (nSPS) is 10.4. The lowest BCUT2D eigenvalue weighted by Gasteiger charge is -2.04. The van der Waals surface area contributed by atoms with Crippen LogP contribution in [0.2, 0.25) is 0 Å². The number of hydrogen-bond acceptors (Lipinski definition) is 3. The Balaban J connectivity index is 2.53. The highest BCUT2D eigenvalue weighted by Gasteiger charge is 2.09. The van der Waals surface area contributed by atoms with Crippen LogP contribution in [0.5, 0.6) is 5.75 Å². The van der Waals surface area contributed by atoms with Crippen molar-refractivity contribution in [2.75, 3.05) is 7.11 Å². The van der Waals surface area contributed by atoms with Gasteiger partial charge in [-0.3, -0.25) is 5.10 Å². The minimum atomic E-state index is -0.422. The van der Waals surface area contributed by atoms with Crippen molar-refractivity contribution in [3.05, 3.63) is 28.8 Å². The summed E-state index contributed by atoms with van der Waals surface area (Å²) in [5, 5.41) is 6.67. The highest BCUT2D eigenvalue weighted by atomic mass is 32.1.